The van der Waals surface area contributed by atoms with Crippen LogP contribution >= 0.6 is 11.8 Å². The van der Waals surface area contributed by atoms with Crippen LogP contribution in [0.25, 0.3) is 0 Å². The molecule has 0 amide bonds. The molecule has 1 aliphatic rings. The average Bonchev–Trinajstić information content (AvgIpc) is 2.11. The van der Waals surface area contributed by atoms with Crippen LogP contribution in [0.4, 0.5) is 0 Å². The van der Waals surface area contributed by atoms with Crippen molar-refractivity contribution in [3.8, 4) is 12.3 Å². The Balaban J connectivity index is 2.56. The Morgan fingerprint density at radius 1 is 1.50 bits per heavy atom. The van der Waals surface area contributed by atoms with E-state index in [4.69, 9.17) is 6.42 Å². The lowest BCUT2D eigenvalue weighted by Crippen LogP contribution is -2.49. The van der Waals surface area contributed by atoms with Gasteiger partial charge in [0.1, 0.15) is 0 Å². The van der Waals surface area contributed by atoms with Crippen molar-refractivity contribution < 1.29 is 5.11 Å². The molecule has 1 unspecified atom stereocenters. The molecular weight excluding hydrogens is 192 g/mol. The van der Waals surface area contributed by atoms with E-state index in [2.05, 4.69) is 19.8 Å². The molecule has 1 heterocycles. The molecule has 1 nitrogen and oxygen atoms in total. The Morgan fingerprint density at radius 2 is 2.21 bits per heavy atom. The highest BCUT2D eigenvalue weighted by Crippen LogP contribution is 2.44. The van der Waals surface area contributed by atoms with Crippen molar-refractivity contribution in [2.45, 2.75) is 45.1 Å². The van der Waals surface area contributed by atoms with E-state index in [9.17, 15) is 5.11 Å². The molecule has 2 heteroatoms. The first-order valence-corrected chi connectivity index (χ1v) is 6.41. The topological polar surface area (TPSA) is 20.2 Å². The SMILES string of the molecule is C#CCCCC1(O)CSCCC1(C)C. The van der Waals surface area contributed by atoms with Gasteiger partial charge in [-0.1, -0.05) is 13.8 Å². The molecule has 80 valence electrons. The van der Waals surface area contributed by atoms with Gasteiger partial charge in [0, 0.05) is 12.2 Å². The van der Waals surface area contributed by atoms with Crippen LogP contribution in [0, 0.1) is 17.8 Å². The summed E-state index contributed by atoms with van der Waals surface area (Å²) in [7, 11) is 0. The molecule has 0 radical (unpaired) electrons. The fourth-order valence-corrected chi connectivity index (χ4v) is 3.56. The summed E-state index contributed by atoms with van der Waals surface area (Å²) in [4.78, 5) is 0. The van der Waals surface area contributed by atoms with Gasteiger partial charge in [-0.2, -0.15) is 11.8 Å². The summed E-state index contributed by atoms with van der Waals surface area (Å²) in [5.74, 6) is 4.67. The second kappa shape index (κ2) is 4.59. The molecule has 14 heavy (non-hydrogen) atoms. The zero-order valence-electron chi connectivity index (χ0n) is 9.18. The highest BCUT2D eigenvalue weighted by Gasteiger charge is 2.44. The van der Waals surface area contributed by atoms with Crippen LogP contribution in [0.2, 0.25) is 0 Å². The van der Waals surface area contributed by atoms with E-state index in [1.807, 2.05) is 11.8 Å². The Kier molecular flexibility index (Phi) is 3.92. The third-order valence-corrected chi connectivity index (χ3v) is 4.56. The number of hydrogen-bond acceptors (Lipinski definition) is 2. The maximum Gasteiger partial charge on any atom is 0.0788 e. The molecule has 0 aliphatic carbocycles. The van der Waals surface area contributed by atoms with Crippen molar-refractivity contribution in [1.82, 2.24) is 0 Å². The molecular formula is C12H20OS. The first kappa shape index (κ1) is 11.9. The molecule has 0 saturated carbocycles. The molecule has 0 spiro atoms. The summed E-state index contributed by atoms with van der Waals surface area (Å²) < 4.78 is 0. The highest BCUT2D eigenvalue weighted by atomic mass is 32.2. The van der Waals surface area contributed by atoms with E-state index in [1.54, 1.807) is 0 Å². The summed E-state index contributed by atoms with van der Waals surface area (Å²) in [6.07, 6.45) is 8.89. The van der Waals surface area contributed by atoms with Crippen molar-refractivity contribution in [3.63, 3.8) is 0 Å². The molecule has 1 N–H and O–H groups in total. The van der Waals surface area contributed by atoms with E-state index in [0.717, 1.165) is 31.4 Å². The summed E-state index contributed by atoms with van der Waals surface area (Å²) >= 11 is 1.86. The van der Waals surface area contributed by atoms with Gasteiger partial charge in [0.15, 0.2) is 0 Å². The minimum Gasteiger partial charge on any atom is -0.388 e. The second-order valence-electron chi connectivity index (χ2n) is 4.78. The Labute approximate surface area is 91.7 Å². The predicted molar refractivity (Wildman–Crippen MR) is 63.4 cm³/mol. The van der Waals surface area contributed by atoms with Gasteiger partial charge in [-0.25, -0.2) is 0 Å². The van der Waals surface area contributed by atoms with Crippen LogP contribution in [-0.2, 0) is 0 Å². The quantitative estimate of drug-likeness (QED) is 0.573. The minimum absolute atomic E-state index is 0.0485. The maximum atomic E-state index is 10.5. The summed E-state index contributed by atoms with van der Waals surface area (Å²) in [5.41, 5.74) is -0.459. The van der Waals surface area contributed by atoms with Crippen LogP contribution < -0.4 is 0 Å². The third-order valence-electron chi connectivity index (χ3n) is 3.38. The summed E-state index contributed by atoms with van der Waals surface area (Å²) in [6, 6.07) is 0. The number of hydrogen-bond donors (Lipinski definition) is 1. The fraction of sp³-hybridized carbons (Fsp3) is 0.833. The fourth-order valence-electron chi connectivity index (χ4n) is 1.89. The van der Waals surface area contributed by atoms with Gasteiger partial charge in [0.2, 0.25) is 0 Å². The monoisotopic (exact) mass is 212 g/mol. The minimum atomic E-state index is -0.507. The third kappa shape index (κ3) is 2.46. The Hall–Kier alpha value is -0.130. The van der Waals surface area contributed by atoms with Crippen LogP contribution in [-0.4, -0.2) is 22.2 Å². The van der Waals surface area contributed by atoms with Crippen LogP contribution in [0.15, 0.2) is 0 Å². The number of terminal acetylenes is 1. The number of rotatable bonds is 3. The number of aliphatic hydroxyl groups is 1. The molecule has 1 atom stereocenters. The zero-order chi connectivity index (χ0) is 10.7. The Bertz CT molecular complexity index is 229. The van der Waals surface area contributed by atoms with Gasteiger partial charge in [-0.05, 0) is 30.4 Å². The molecule has 0 aromatic heterocycles. The van der Waals surface area contributed by atoms with Gasteiger partial charge >= 0.3 is 0 Å². The average molecular weight is 212 g/mol. The maximum absolute atomic E-state index is 10.5. The standard InChI is InChI=1S/C12H20OS/c1-4-5-6-7-12(13)10-14-9-8-11(12,2)3/h1,13H,5-10H2,2-3H3. The van der Waals surface area contributed by atoms with Crippen LogP contribution in [0.1, 0.15) is 39.5 Å². The van der Waals surface area contributed by atoms with E-state index in [0.29, 0.717) is 0 Å². The summed E-state index contributed by atoms with van der Waals surface area (Å²) in [6.45, 7) is 4.34. The van der Waals surface area contributed by atoms with Crippen molar-refractivity contribution >= 4 is 11.8 Å². The van der Waals surface area contributed by atoms with Crippen molar-refractivity contribution in [1.29, 1.82) is 0 Å². The largest absolute Gasteiger partial charge is 0.388 e. The van der Waals surface area contributed by atoms with Gasteiger partial charge < -0.3 is 5.11 Å². The van der Waals surface area contributed by atoms with E-state index in [-0.39, 0.29) is 5.41 Å². The second-order valence-corrected chi connectivity index (χ2v) is 5.88. The van der Waals surface area contributed by atoms with Crippen LogP contribution in [0.5, 0.6) is 0 Å². The molecule has 1 saturated heterocycles. The number of unbranched alkanes of at least 4 members (excludes halogenated alkanes) is 1. The zero-order valence-corrected chi connectivity index (χ0v) is 9.99. The molecule has 0 aromatic carbocycles. The number of thioether (sulfide) groups is 1. The Morgan fingerprint density at radius 3 is 2.79 bits per heavy atom. The normalized spacial score (nSPS) is 31.0. The smallest absolute Gasteiger partial charge is 0.0788 e. The lowest BCUT2D eigenvalue weighted by Gasteiger charge is -2.46. The van der Waals surface area contributed by atoms with Gasteiger partial charge in [-0.15, -0.1) is 12.3 Å². The molecule has 0 bridgehead atoms. The lowest BCUT2D eigenvalue weighted by atomic mass is 9.71. The van der Waals surface area contributed by atoms with E-state index < -0.39 is 5.60 Å². The predicted octanol–water partition coefficient (Wildman–Crippen LogP) is 2.68. The van der Waals surface area contributed by atoms with Crippen molar-refractivity contribution in [3.05, 3.63) is 0 Å². The van der Waals surface area contributed by atoms with Crippen molar-refractivity contribution in [2.24, 2.45) is 5.41 Å². The van der Waals surface area contributed by atoms with E-state index >= 15 is 0 Å². The summed E-state index contributed by atoms with van der Waals surface area (Å²) in [5, 5.41) is 10.5. The highest BCUT2D eigenvalue weighted by molar-refractivity contribution is 7.99. The van der Waals surface area contributed by atoms with Gasteiger partial charge in [0.05, 0.1) is 5.60 Å². The lowest BCUT2D eigenvalue weighted by molar-refractivity contribution is -0.0592. The first-order valence-electron chi connectivity index (χ1n) is 5.25. The first-order chi connectivity index (χ1) is 6.52. The van der Waals surface area contributed by atoms with Gasteiger partial charge in [-0.3, -0.25) is 0 Å². The molecule has 1 rings (SSSR count). The van der Waals surface area contributed by atoms with Crippen LogP contribution in [0.3, 0.4) is 0 Å². The molecule has 1 aliphatic heterocycles. The van der Waals surface area contributed by atoms with E-state index in [1.165, 1.54) is 5.75 Å². The van der Waals surface area contributed by atoms with Crippen molar-refractivity contribution in [2.75, 3.05) is 11.5 Å². The van der Waals surface area contributed by atoms with Gasteiger partial charge in [0.25, 0.3) is 0 Å². The molecule has 1 fully saturated rings. The molecule has 0 aromatic rings.